The molecule has 0 spiro atoms. The van der Waals surface area contributed by atoms with Crippen LogP contribution in [0.4, 0.5) is 0 Å². The van der Waals surface area contributed by atoms with E-state index in [2.05, 4.69) is 29.2 Å². The molecule has 0 amide bonds. The van der Waals surface area contributed by atoms with Crippen molar-refractivity contribution < 1.29 is 4.74 Å². The molecule has 3 heteroatoms. The first-order valence-electron chi connectivity index (χ1n) is 6.57. The molecule has 4 rings (SSSR count). The molecular formula is C16H14N2O. The molecule has 1 aliphatic carbocycles. The quantitative estimate of drug-likeness (QED) is 0.780. The number of hydrogen-bond acceptors (Lipinski definition) is 3. The van der Waals surface area contributed by atoms with E-state index in [0.717, 1.165) is 17.7 Å². The van der Waals surface area contributed by atoms with Crippen LogP contribution in [-0.4, -0.2) is 17.0 Å². The molecule has 1 aliphatic heterocycles. The number of ether oxygens (including phenoxy) is 1. The first-order valence-corrected chi connectivity index (χ1v) is 6.57. The van der Waals surface area contributed by atoms with Gasteiger partial charge >= 0.3 is 0 Å². The molecule has 0 bridgehead atoms. The van der Waals surface area contributed by atoms with E-state index in [9.17, 15) is 0 Å². The average molecular weight is 250 g/mol. The zero-order valence-corrected chi connectivity index (χ0v) is 10.7. The first-order chi connectivity index (χ1) is 9.33. The SMILES string of the molecule is Cc1cccnc1C1=N[C@@H]2c3ccccc3C[C@@H]2O1. The average Bonchev–Trinajstić information content (AvgIpc) is 2.96. The van der Waals surface area contributed by atoms with E-state index in [-0.39, 0.29) is 12.1 Å². The van der Waals surface area contributed by atoms with Crippen molar-refractivity contribution >= 4 is 5.90 Å². The van der Waals surface area contributed by atoms with Gasteiger partial charge in [0.2, 0.25) is 5.90 Å². The minimum atomic E-state index is 0.146. The lowest BCUT2D eigenvalue weighted by Gasteiger charge is -2.09. The van der Waals surface area contributed by atoms with Crippen LogP contribution in [0.5, 0.6) is 0 Å². The van der Waals surface area contributed by atoms with Crippen molar-refractivity contribution in [3.63, 3.8) is 0 Å². The van der Waals surface area contributed by atoms with E-state index in [1.807, 2.05) is 19.1 Å². The summed E-state index contributed by atoms with van der Waals surface area (Å²) in [5.74, 6) is 0.697. The molecule has 94 valence electrons. The number of pyridine rings is 1. The Balaban J connectivity index is 1.75. The molecule has 0 unspecified atom stereocenters. The van der Waals surface area contributed by atoms with Crippen LogP contribution in [0.2, 0.25) is 0 Å². The number of hydrogen-bond donors (Lipinski definition) is 0. The summed E-state index contributed by atoms with van der Waals surface area (Å²) in [6.07, 6.45) is 2.88. The van der Waals surface area contributed by atoms with Gasteiger partial charge in [0.25, 0.3) is 0 Å². The van der Waals surface area contributed by atoms with Gasteiger partial charge in [0.05, 0.1) is 0 Å². The standard InChI is InChI=1S/C16H14N2O/c1-10-5-4-8-17-14(10)16-18-15-12-7-3-2-6-11(12)9-13(15)19-16/h2-8,13,15H,9H2,1H3/t13-,15+/m0/s1. The van der Waals surface area contributed by atoms with Gasteiger partial charge in [-0.3, -0.25) is 4.98 Å². The van der Waals surface area contributed by atoms with Gasteiger partial charge < -0.3 is 4.74 Å². The van der Waals surface area contributed by atoms with Crippen molar-refractivity contribution in [2.24, 2.45) is 4.99 Å². The zero-order valence-electron chi connectivity index (χ0n) is 10.7. The van der Waals surface area contributed by atoms with Crippen LogP contribution in [0.1, 0.15) is 28.4 Å². The predicted octanol–water partition coefficient (Wildman–Crippen LogP) is 2.83. The summed E-state index contributed by atoms with van der Waals surface area (Å²) in [5, 5.41) is 0. The molecule has 2 aromatic rings. The van der Waals surface area contributed by atoms with Crippen LogP contribution in [-0.2, 0) is 11.2 Å². The lowest BCUT2D eigenvalue weighted by molar-refractivity contribution is 0.206. The van der Waals surface area contributed by atoms with Crippen molar-refractivity contribution in [2.45, 2.75) is 25.5 Å². The Morgan fingerprint density at radius 3 is 2.95 bits per heavy atom. The molecule has 2 aliphatic rings. The summed E-state index contributed by atoms with van der Waals surface area (Å²) in [4.78, 5) is 9.14. The highest BCUT2D eigenvalue weighted by Gasteiger charge is 2.39. The summed E-state index contributed by atoms with van der Waals surface area (Å²) >= 11 is 0. The fourth-order valence-corrected chi connectivity index (χ4v) is 2.92. The summed E-state index contributed by atoms with van der Waals surface area (Å²) < 4.78 is 6.02. The smallest absolute Gasteiger partial charge is 0.236 e. The van der Waals surface area contributed by atoms with Crippen LogP contribution < -0.4 is 0 Å². The van der Waals surface area contributed by atoms with Gasteiger partial charge in [0.15, 0.2) is 0 Å². The normalized spacial score (nSPS) is 23.5. The van der Waals surface area contributed by atoms with Gasteiger partial charge in [0.1, 0.15) is 17.8 Å². The lowest BCUT2D eigenvalue weighted by Crippen LogP contribution is -2.14. The Morgan fingerprint density at radius 2 is 2.05 bits per heavy atom. The predicted molar refractivity (Wildman–Crippen MR) is 73.3 cm³/mol. The van der Waals surface area contributed by atoms with Crippen molar-refractivity contribution in [3.05, 3.63) is 65.0 Å². The Bertz CT molecular complexity index is 678. The maximum Gasteiger partial charge on any atom is 0.236 e. The topological polar surface area (TPSA) is 34.5 Å². The summed E-state index contributed by atoms with van der Waals surface area (Å²) in [7, 11) is 0. The molecular weight excluding hydrogens is 236 g/mol. The highest BCUT2D eigenvalue weighted by Crippen LogP contribution is 2.40. The second-order valence-electron chi connectivity index (χ2n) is 5.11. The number of fused-ring (bicyclic) bond motifs is 3. The van der Waals surface area contributed by atoms with E-state index >= 15 is 0 Å². The first kappa shape index (κ1) is 10.7. The molecule has 0 saturated heterocycles. The van der Waals surface area contributed by atoms with Gasteiger partial charge in [-0.15, -0.1) is 0 Å². The van der Waals surface area contributed by atoms with Gasteiger partial charge in [-0.1, -0.05) is 30.3 Å². The van der Waals surface area contributed by atoms with E-state index in [0.29, 0.717) is 5.90 Å². The van der Waals surface area contributed by atoms with Gasteiger partial charge in [0, 0.05) is 12.6 Å². The van der Waals surface area contributed by atoms with Crippen LogP contribution in [0.15, 0.2) is 47.6 Å². The molecule has 0 radical (unpaired) electrons. The van der Waals surface area contributed by atoms with Crippen molar-refractivity contribution in [1.82, 2.24) is 4.98 Å². The summed E-state index contributed by atoms with van der Waals surface area (Å²) in [6, 6.07) is 12.6. The molecule has 0 fully saturated rings. The minimum Gasteiger partial charge on any atom is -0.470 e. The van der Waals surface area contributed by atoms with Crippen LogP contribution in [0.25, 0.3) is 0 Å². The van der Waals surface area contributed by atoms with Gasteiger partial charge in [-0.25, -0.2) is 4.99 Å². The number of aromatic nitrogens is 1. The highest BCUT2D eigenvalue weighted by atomic mass is 16.5. The molecule has 2 atom stereocenters. The van der Waals surface area contributed by atoms with Crippen molar-refractivity contribution in [2.75, 3.05) is 0 Å². The second kappa shape index (κ2) is 3.92. The third-order valence-electron chi connectivity index (χ3n) is 3.88. The van der Waals surface area contributed by atoms with Crippen molar-refractivity contribution in [1.29, 1.82) is 0 Å². The monoisotopic (exact) mass is 250 g/mol. The number of rotatable bonds is 1. The Hall–Kier alpha value is -2.16. The Morgan fingerprint density at radius 1 is 1.16 bits per heavy atom. The summed E-state index contributed by atoms with van der Waals surface area (Å²) in [5.41, 5.74) is 4.64. The van der Waals surface area contributed by atoms with Crippen LogP contribution >= 0.6 is 0 Å². The third-order valence-corrected chi connectivity index (χ3v) is 3.88. The summed E-state index contributed by atoms with van der Waals surface area (Å²) in [6.45, 7) is 2.04. The van der Waals surface area contributed by atoms with Crippen LogP contribution in [0, 0.1) is 6.92 Å². The van der Waals surface area contributed by atoms with E-state index in [1.54, 1.807) is 6.20 Å². The second-order valence-corrected chi connectivity index (χ2v) is 5.11. The van der Waals surface area contributed by atoms with E-state index in [1.165, 1.54) is 11.1 Å². The fraction of sp³-hybridized carbons (Fsp3) is 0.250. The third kappa shape index (κ3) is 1.58. The van der Waals surface area contributed by atoms with E-state index < -0.39 is 0 Å². The number of nitrogens with zero attached hydrogens (tertiary/aromatic N) is 2. The zero-order chi connectivity index (χ0) is 12.8. The van der Waals surface area contributed by atoms with Crippen LogP contribution in [0.3, 0.4) is 0 Å². The molecule has 2 heterocycles. The number of aliphatic imine (C=N–C) groups is 1. The minimum absolute atomic E-state index is 0.146. The Labute approximate surface area is 112 Å². The maximum atomic E-state index is 6.02. The van der Waals surface area contributed by atoms with Crippen molar-refractivity contribution in [3.8, 4) is 0 Å². The molecule has 1 aromatic carbocycles. The molecule has 0 N–H and O–H groups in total. The largest absolute Gasteiger partial charge is 0.470 e. The highest BCUT2D eigenvalue weighted by molar-refractivity contribution is 5.95. The molecule has 3 nitrogen and oxygen atoms in total. The maximum absolute atomic E-state index is 6.02. The molecule has 0 saturated carbocycles. The van der Waals surface area contributed by atoms with Gasteiger partial charge in [-0.05, 0) is 29.7 Å². The molecule has 19 heavy (non-hydrogen) atoms. The van der Waals surface area contributed by atoms with E-state index in [4.69, 9.17) is 9.73 Å². The Kier molecular flexibility index (Phi) is 2.21. The number of benzene rings is 1. The fourth-order valence-electron chi connectivity index (χ4n) is 2.92. The number of aryl methyl sites for hydroxylation is 1. The van der Waals surface area contributed by atoms with Gasteiger partial charge in [-0.2, -0.15) is 0 Å². The molecule has 1 aromatic heterocycles. The lowest BCUT2D eigenvalue weighted by atomic mass is 10.1.